The Labute approximate surface area is 107 Å². The lowest BCUT2D eigenvalue weighted by molar-refractivity contribution is -0.119. The van der Waals surface area contributed by atoms with Gasteiger partial charge in [0.25, 0.3) is 0 Å². The van der Waals surface area contributed by atoms with Crippen molar-refractivity contribution in [2.24, 2.45) is 0 Å². The lowest BCUT2D eigenvalue weighted by atomic mass is 10.0. The zero-order valence-electron chi connectivity index (χ0n) is 11.7. The van der Waals surface area contributed by atoms with Gasteiger partial charge in [-0.2, -0.15) is 0 Å². The van der Waals surface area contributed by atoms with Gasteiger partial charge in [0.05, 0.1) is 6.10 Å². The van der Waals surface area contributed by atoms with E-state index in [2.05, 4.69) is 6.92 Å². The van der Waals surface area contributed by atoms with Gasteiger partial charge >= 0.3 is 0 Å². The van der Waals surface area contributed by atoms with E-state index in [-0.39, 0.29) is 6.10 Å². The first kappa shape index (κ1) is 16.6. The van der Waals surface area contributed by atoms with Gasteiger partial charge in [-0.25, -0.2) is 0 Å². The summed E-state index contributed by atoms with van der Waals surface area (Å²) in [4.78, 5) is 11.5. The highest BCUT2D eigenvalue weighted by molar-refractivity contribution is 5.78. The molecule has 1 unspecified atom stereocenters. The van der Waals surface area contributed by atoms with Gasteiger partial charge in [-0.15, -0.1) is 0 Å². The molecule has 102 valence electrons. The van der Waals surface area contributed by atoms with Gasteiger partial charge in [0.1, 0.15) is 5.78 Å². The Kier molecular flexibility index (Phi) is 11.8. The molecule has 0 rings (SSSR count). The average Bonchev–Trinajstić information content (AvgIpc) is 2.29. The maximum absolute atomic E-state index is 11.5. The Morgan fingerprint density at radius 1 is 0.941 bits per heavy atom. The van der Waals surface area contributed by atoms with Gasteiger partial charge in [-0.05, 0) is 26.2 Å². The molecule has 0 radical (unpaired) electrons. The molecule has 1 atom stereocenters. The number of unbranched alkanes of at least 4 members (excludes halogenated alkanes) is 6. The van der Waals surface area contributed by atoms with Crippen LogP contribution in [0.5, 0.6) is 0 Å². The van der Waals surface area contributed by atoms with Gasteiger partial charge in [-0.3, -0.25) is 4.79 Å². The van der Waals surface area contributed by atoms with E-state index < -0.39 is 0 Å². The van der Waals surface area contributed by atoms with Crippen molar-refractivity contribution in [1.82, 2.24) is 0 Å². The maximum atomic E-state index is 11.5. The first-order valence-corrected chi connectivity index (χ1v) is 7.36. The highest BCUT2D eigenvalue weighted by Crippen LogP contribution is 2.10. The van der Waals surface area contributed by atoms with E-state index >= 15 is 0 Å². The second-order valence-electron chi connectivity index (χ2n) is 5.15. The Morgan fingerprint density at radius 3 is 2.06 bits per heavy atom. The minimum atomic E-state index is -0.219. The van der Waals surface area contributed by atoms with Gasteiger partial charge in [0, 0.05) is 12.8 Å². The van der Waals surface area contributed by atoms with Crippen LogP contribution in [-0.4, -0.2) is 17.0 Å². The second-order valence-corrected chi connectivity index (χ2v) is 5.15. The summed E-state index contributed by atoms with van der Waals surface area (Å²) in [6, 6.07) is 0. The van der Waals surface area contributed by atoms with Crippen LogP contribution in [0.15, 0.2) is 0 Å². The van der Waals surface area contributed by atoms with Crippen LogP contribution in [0.1, 0.15) is 84.5 Å². The average molecular weight is 242 g/mol. The highest BCUT2D eigenvalue weighted by Gasteiger charge is 2.02. The van der Waals surface area contributed by atoms with Gasteiger partial charge in [-0.1, -0.05) is 45.4 Å². The van der Waals surface area contributed by atoms with Crippen LogP contribution in [-0.2, 0) is 4.79 Å². The van der Waals surface area contributed by atoms with Crippen LogP contribution in [0.4, 0.5) is 0 Å². The van der Waals surface area contributed by atoms with Crippen molar-refractivity contribution in [2.45, 2.75) is 90.6 Å². The molecule has 0 spiro atoms. The third-order valence-corrected chi connectivity index (χ3v) is 3.14. The predicted molar refractivity (Wildman–Crippen MR) is 73.1 cm³/mol. The molecule has 0 aliphatic heterocycles. The number of carbonyl (C=O) groups excluding carboxylic acids is 1. The molecule has 0 heterocycles. The zero-order chi connectivity index (χ0) is 12.9. The molecule has 0 fully saturated rings. The molecule has 17 heavy (non-hydrogen) atoms. The Hall–Kier alpha value is -0.370. The number of Topliss-reactive ketones (excluding diaryl/α,β-unsaturated/α-hetero) is 1. The van der Waals surface area contributed by atoms with E-state index in [0.29, 0.717) is 12.2 Å². The number of aliphatic hydroxyl groups is 1. The number of rotatable bonds is 12. The maximum Gasteiger partial charge on any atom is 0.132 e. The van der Waals surface area contributed by atoms with E-state index in [1.807, 2.05) is 0 Å². The van der Waals surface area contributed by atoms with Gasteiger partial charge in [0.2, 0.25) is 0 Å². The summed E-state index contributed by atoms with van der Waals surface area (Å²) in [7, 11) is 0. The molecule has 0 amide bonds. The standard InChI is InChI=1S/C15H30O2/c1-3-4-5-6-7-8-12-15(17)13-10-9-11-14(2)16/h14,16H,3-13H2,1-2H3. The largest absolute Gasteiger partial charge is 0.393 e. The molecule has 0 aromatic carbocycles. The van der Waals surface area contributed by atoms with Crippen LogP contribution in [0.3, 0.4) is 0 Å². The van der Waals surface area contributed by atoms with Crippen molar-refractivity contribution in [3.8, 4) is 0 Å². The molecule has 0 aliphatic rings. The zero-order valence-corrected chi connectivity index (χ0v) is 11.7. The van der Waals surface area contributed by atoms with Crippen LogP contribution in [0.2, 0.25) is 0 Å². The number of hydrogen-bond donors (Lipinski definition) is 1. The van der Waals surface area contributed by atoms with E-state index in [1.165, 1.54) is 32.1 Å². The van der Waals surface area contributed by atoms with Crippen molar-refractivity contribution in [2.75, 3.05) is 0 Å². The normalized spacial score (nSPS) is 12.6. The third kappa shape index (κ3) is 13.6. The van der Waals surface area contributed by atoms with Crippen LogP contribution < -0.4 is 0 Å². The molecule has 0 saturated carbocycles. The van der Waals surface area contributed by atoms with E-state index in [1.54, 1.807) is 6.92 Å². The SMILES string of the molecule is CCCCCCCCC(=O)CCCCC(C)O. The summed E-state index contributed by atoms with van der Waals surface area (Å²) >= 11 is 0. The molecule has 0 saturated heterocycles. The summed E-state index contributed by atoms with van der Waals surface area (Å²) < 4.78 is 0. The van der Waals surface area contributed by atoms with Gasteiger partial charge in [0.15, 0.2) is 0 Å². The van der Waals surface area contributed by atoms with Gasteiger partial charge < -0.3 is 5.11 Å². The topological polar surface area (TPSA) is 37.3 Å². The molecule has 2 heteroatoms. The number of ketones is 1. The fourth-order valence-corrected chi connectivity index (χ4v) is 1.99. The lowest BCUT2D eigenvalue weighted by Crippen LogP contribution is -2.01. The first-order chi connectivity index (χ1) is 8.16. The summed E-state index contributed by atoms with van der Waals surface area (Å²) in [6.07, 6.45) is 11.5. The summed E-state index contributed by atoms with van der Waals surface area (Å²) in [5, 5.41) is 9.08. The smallest absolute Gasteiger partial charge is 0.132 e. The molecule has 0 bridgehead atoms. The third-order valence-electron chi connectivity index (χ3n) is 3.14. The molecular formula is C15H30O2. The van der Waals surface area contributed by atoms with Crippen molar-refractivity contribution in [1.29, 1.82) is 0 Å². The first-order valence-electron chi connectivity index (χ1n) is 7.36. The quantitative estimate of drug-likeness (QED) is 0.519. The number of hydrogen-bond acceptors (Lipinski definition) is 2. The van der Waals surface area contributed by atoms with E-state index in [9.17, 15) is 4.79 Å². The van der Waals surface area contributed by atoms with Crippen molar-refractivity contribution >= 4 is 5.78 Å². The summed E-state index contributed by atoms with van der Waals surface area (Å²) in [6.45, 7) is 4.02. The van der Waals surface area contributed by atoms with E-state index in [0.717, 1.165) is 32.1 Å². The molecule has 0 aliphatic carbocycles. The molecule has 0 aromatic rings. The van der Waals surface area contributed by atoms with Crippen LogP contribution in [0.25, 0.3) is 0 Å². The summed E-state index contributed by atoms with van der Waals surface area (Å²) in [5.74, 6) is 0.408. The summed E-state index contributed by atoms with van der Waals surface area (Å²) in [5.41, 5.74) is 0. The minimum absolute atomic E-state index is 0.219. The Morgan fingerprint density at radius 2 is 1.47 bits per heavy atom. The molecule has 2 nitrogen and oxygen atoms in total. The fraction of sp³-hybridized carbons (Fsp3) is 0.933. The minimum Gasteiger partial charge on any atom is -0.393 e. The lowest BCUT2D eigenvalue weighted by Gasteiger charge is -2.04. The second kappa shape index (κ2) is 12.1. The number of aliphatic hydroxyl groups excluding tert-OH is 1. The molecule has 1 N–H and O–H groups in total. The predicted octanol–water partition coefficient (Wildman–Crippen LogP) is 4.25. The fourth-order valence-electron chi connectivity index (χ4n) is 1.99. The monoisotopic (exact) mass is 242 g/mol. The molecule has 0 aromatic heterocycles. The Bertz CT molecular complexity index is 176. The van der Waals surface area contributed by atoms with E-state index in [4.69, 9.17) is 5.11 Å². The number of carbonyl (C=O) groups is 1. The molecular weight excluding hydrogens is 212 g/mol. The van der Waals surface area contributed by atoms with Crippen molar-refractivity contribution in [3.63, 3.8) is 0 Å². The van der Waals surface area contributed by atoms with Crippen molar-refractivity contribution in [3.05, 3.63) is 0 Å². The Balaban J connectivity index is 3.18. The van der Waals surface area contributed by atoms with Crippen molar-refractivity contribution < 1.29 is 9.90 Å². The van der Waals surface area contributed by atoms with Crippen LogP contribution in [0, 0.1) is 0 Å². The highest BCUT2D eigenvalue weighted by atomic mass is 16.3. The van der Waals surface area contributed by atoms with Crippen LogP contribution >= 0.6 is 0 Å².